The SMILES string of the molecule is COc1ccc(N2CCNC(=O)C2=O)cc1Cl. The molecule has 0 aromatic heterocycles. The van der Waals surface area contributed by atoms with E-state index in [2.05, 4.69) is 5.32 Å². The van der Waals surface area contributed by atoms with Crippen LogP contribution in [0.1, 0.15) is 0 Å². The summed E-state index contributed by atoms with van der Waals surface area (Å²) >= 11 is 5.97. The molecule has 0 aliphatic carbocycles. The maximum absolute atomic E-state index is 11.6. The number of ether oxygens (including phenoxy) is 1. The Morgan fingerprint density at radius 1 is 1.41 bits per heavy atom. The molecule has 1 fully saturated rings. The van der Waals surface area contributed by atoms with Crippen LogP contribution in [0.2, 0.25) is 5.02 Å². The molecule has 6 heteroatoms. The van der Waals surface area contributed by atoms with Gasteiger partial charge < -0.3 is 15.0 Å². The van der Waals surface area contributed by atoms with Crippen molar-refractivity contribution >= 4 is 29.1 Å². The summed E-state index contributed by atoms with van der Waals surface area (Å²) in [5.41, 5.74) is 0.593. The van der Waals surface area contributed by atoms with E-state index in [1.807, 2.05) is 0 Å². The zero-order valence-electron chi connectivity index (χ0n) is 9.20. The highest BCUT2D eigenvalue weighted by Crippen LogP contribution is 2.29. The fourth-order valence-corrected chi connectivity index (χ4v) is 1.90. The van der Waals surface area contributed by atoms with Gasteiger partial charge in [0.2, 0.25) is 0 Å². The summed E-state index contributed by atoms with van der Waals surface area (Å²) in [5.74, 6) is -0.634. The quantitative estimate of drug-likeness (QED) is 0.795. The van der Waals surface area contributed by atoms with Crippen LogP contribution in [-0.4, -0.2) is 32.0 Å². The third-order valence-electron chi connectivity index (χ3n) is 2.51. The van der Waals surface area contributed by atoms with Gasteiger partial charge in [0.1, 0.15) is 5.75 Å². The summed E-state index contributed by atoms with van der Waals surface area (Å²) in [7, 11) is 1.51. The molecule has 0 bridgehead atoms. The minimum Gasteiger partial charge on any atom is -0.495 e. The highest BCUT2D eigenvalue weighted by atomic mass is 35.5. The molecule has 2 amide bonds. The lowest BCUT2D eigenvalue weighted by atomic mass is 10.2. The molecule has 1 aromatic carbocycles. The second-order valence-electron chi connectivity index (χ2n) is 3.53. The molecule has 1 aliphatic rings. The van der Waals surface area contributed by atoms with Gasteiger partial charge in [-0.15, -0.1) is 0 Å². The van der Waals surface area contributed by atoms with Gasteiger partial charge in [0.15, 0.2) is 0 Å². The van der Waals surface area contributed by atoms with E-state index >= 15 is 0 Å². The molecule has 1 aliphatic heterocycles. The van der Waals surface area contributed by atoms with Crippen molar-refractivity contribution in [2.75, 3.05) is 25.1 Å². The van der Waals surface area contributed by atoms with Gasteiger partial charge in [0.05, 0.1) is 12.1 Å². The van der Waals surface area contributed by atoms with Gasteiger partial charge >= 0.3 is 11.8 Å². The first-order valence-electron chi connectivity index (χ1n) is 5.06. The lowest BCUT2D eigenvalue weighted by Gasteiger charge is -2.26. The van der Waals surface area contributed by atoms with Crippen molar-refractivity contribution in [3.05, 3.63) is 23.2 Å². The maximum atomic E-state index is 11.6. The number of benzene rings is 1. The lowest BCUT2D eigenvalue weighted by molar-refractivity contribution is -0.138. The third-order valence-corrected chi connectivity index (χ3v) is 2.80. The molecule has 0 atom stereocenters. The van der Waals surface area contributed by atoms with Gasteiger partial charge in [0, 0.05) is 18.8 Å². The first-order chi connectivity index (χ1) is 8.13. The Hall–Kier alpha value is -1.75. The van der Waals surface area contributed by atoms with Crippen molar-refractivity contribution in [2.45, 2.75) is 0 Å². The highest BCUT2D eigenvalue weighted by molar-refractivity contribution is 6.41. The van der Waals surface area contributed by atoms with Crippen molar-refractivity contribution in [1.29, 1.82) is 0 Å². The third kappa shape index (κ3) is 2.19. The van der Waals surface area contributed by atoms with Crippen LogP contribution in [0.15, 0.2) is 18.2 Å². The van der Waals surface area contributed by atoms with Crippen LogP contribution >= 0.6 is 11.6 Å². The number of anilines is 1. The second kappa shape index (κ2) is 4.63. The van der Waals surface area contributed by atoms with Crippen molar-refractivity contribution < 1.29 is 14.3 Å². The summed E-state index contributed by atoms with van der Waals surface area (Å²) in [6.07, 6.45) is 0. The molecular formula is C11H11ClN2O3. The van der Waals surface area contributed by atoms with Gasteiger partial charge in [-0.05, 0) is 18.2 Å². The Balaban J connectivity index is 2.30. The van der Waals surface area contributed by atoms with Crippen LogP contribution in [0.5, 0.6) is 5.75 Å². The number of carbonyl (C=O) groups excluding carboxylic acids is 2. The number of amides is 2. The number of hydrogen-bond donors (Lipinski definition) is 1. The maximum Gasteiger partial charge on any atom is 0.316 e. The normalized spacial score (nSPS) is 15.8. The lowest BCUT2D eigenvalue weighted by Crippen LogP contribution is -2.52. The summed E-state index contributed by atoms with van der Waals surface area (Å²) in [5, 5.41) is 2.89. The number of methoxy groups -OCH3 is 1. The Morgan fingerprint density at radius 3 is 2.82 bits per heavy atom. The zero-order chi connectivity index (χ0) is 12.4. The first kappa shape index (κ1) is 11.7. The van der Waals surface area contributed by atoms with Crippen LogP contribution in [-0.2, 0) is 9.59 Å². The van der Waals surface area contributed by atoms with Gasteiger partial charge in [-0.25, -0.2) is 0 Å². The topological polar surface area (TPSA) is 58.6 Å². The van der Waals surface area contributed by atoms with Crippen molar-refractivity contribution in [3.63, 3.8) is 0 Å². The van der Waals surface area contributed by atoms with Gasteiger partial charge in [-0.1, -0.05) is 11.6 Å². The van der Waals surface area contributed by atoms with Crippen LogP contribution in [0.4, 0.5) is 5.69 Å². The number of hydrogen-bond acceptors (Lipinski definition) is 3. The summed E-state index contributed by atoms with van der Waals surface area (Å²) in [4.78, 5) is 24.2. The minimum atomic E-state index is -0.594. The van der Waals surface area contributed by atoms with Crippen LogP contribution in [0, 0.1) is 0 Å². The number of carbonyl (C=O) groups is 2. The predicted molar refractivity (Wildman–Crippen MR) is 63.4 cm³/mol. The Bertz CT molecular complexity index is 476. The molecule has 0 spiro atoms. The average Bonchev–Trinajstić information content (AvgIpc) is 2.32. The molecule has 2 rings (SSSR count). The van der Waals surface area contributed by atoms with Crippen molar-refractivity contribution in [3.8, 4) is 5.75 Å². The standard InChI is InChI=1S/C11H11ClN2O3/c1-17-9-3-2-7(6-8(9)12)14-5-4-13-10(15)11(14)16/h2-3,6H,4-5H2,1H3,(H,13,15). The Labute approximate surface area is 103 Å². The Morgan fingerprint density at radius 2 is 2.18 bits per heavy atom. The van der Waals surface area contributed by atoms with Crippen molar-refractivity contribution in [1.82, 2.24) is 5.32 Å². The number of nitrogens with one attached hydrogen (secondary N) is 1. The first-order valence-corrected chi connectivity index (χ1v) is 5.44. The van der Waals surface area contributed by atoms with E-state index in [0.717, 1.165) is 0 Å². The largest absolute Gasteiger partial charge is 0.495 e. The Kier molecular flexibility index (Phi) is 3.19. The molecule has 90 valence electrons. The molecular weight excluding hydrogens is 244 g/mol. The van der Waals surface area contributed by atoms with Crippen molar-refractivity contribution in [2.24, 2.45) is 0 Å². The molecule has 17 heavy (non-hydrogen) atoms. The molecule has 1 saturated heterocycles. The van der Waals surface area contributed by atoms with Crippen LogP contribution in [0.25, 0.3) is 0 Å². The molecule has 5 nitrogen and oxygen atoms in total. The second-order valence-corrected chi connectivity index (χ2v) is 3.94. The number of halogens is 1. The van der Waals surface area contributed by atoms with Crippen LogP contribution in [0.3, 0.4) is 0 Å². The molecule has 0 radical (unpaired) electrons. The summed E-state index contributed by atoms with van der Waals surface area (Å²) in [6.45, 7) is 0.876. The number of rotatable bonds is 2. The van der Waals surface area contributed by atoms with Gasteiger partial charge in [-0.2, -0.15) is 0 Å². The average molecular weight is 255 g/mol. The van der Waals surface area contributed by atoms with E-state index in [4.69, 9.17) is 16.3 Å². The predicted octanol–water partition coefficient (Wildman–Crippen LogP) is 0.811. The van der Waals surface area contributed by atoms with Crippen LogP contribution < -0.4 is 15.0 Å². The molecule has 0 unspecified atom stereocenters. The van der Waals surface area contributed by atoms with E-state index in [1.165, 1.54) is 12.0 Å². The highest BCUT2D eigenvalue weighted by Gasteiger charge is 2.27. The van der Waals surface area contributed by atoms with E-state index < -0.39 is 11.8 Å². The summed E-state index contributed by atoms with van der Waals surface area (Å²) in [6, 6.07) is 4.97. The molecule has 0 saturated carbocycles. The van der Waals surface area contributed by atoms with E-state index in [1.54, 1.807) is 18.2 Å². The smallest absolute Gasteiger partial charge is 0.316 e. The fraction of sp³-hybridized carbons (Fsp3) is 0.273. The summed E-state index contributed by atoms with van der Waals surface area (Å²) < 4.78 is 5.02. The van der Waals surface area contributed by atoms with Gasteiger partial charge in [0.25, 0.3) is 0 Å². The van der Waals surface area contributed by atoms with E-state index in [0.29, 0.717) is 29.5 Å². The van der Waals surface area contributed by atoms with E-state index in [-0.39, 0.29) is 0 Å². The zero-order valence-corrected chi connectivity index (χ0v) is 9.95. The number of nitrogens with zero attached hydrogens (tertiary/aromatic N) is 1. The minimum absolute atomic E-state index is 0.406. The van der Waals surface area contributed by atoms with Gasteiger partial charge in [-0.3, -0.25) is 9.59 Å². The monoisotopic (exact) mass is 254 g/mol. The van der Waals surface area contributed by atoms with E-state index in [9.17, 15) is 9.59 Å². The molecule has 1 aromatic rings. The molecule has 1 N–H and O–H groups in total. The fourth-order valence-electron chi connectivity index (χ4n) is 1.65. The number of piperazine rings is 1. The molecule has 1 heterocycles.